The van der Waals surface area contributed by atoms with Crippen molar-refractivity contribution in [2.75, 3.05) is 5.75 Å². The molecule has 0 aliphatic carbocycles. The maximum Gasteiger partial charge on any atom is 0.108 e. The van der Waals surface area contributed by atoms with Gasteiger partial charge in [-0.05, 0) is 24.3 Å². The zero-order valence-electron chi connectivity index (χ0n) is 7.90. The highest BCUT2D eigenvalue weighted by Gasteiger charge is 2.22. The van der Waals surface area contributed by atoms with Gasteiger partial charge in [-0.2, -0.15) is 12.6 Å². The Bertz CT molecular complexity index is 313. The van der Waals surface area contributed by atoms with Gasteiger partial charge in [-0.3, -0.25) is 0 Å². The Morgan fingerprint density at radius 1 is 1.20 bits per heavy atom. The molecule has 0 bridgehead atoms. The van der Waals surface area contributed by atoms with E-state index >= 15 is 0 Å². The van der Waals surface area contributed by atoms with Crippen LogP contribution >= 0.6 is 35.8 Å². The molecule has 0 aliphatic heterocycles. The first-order valence-corrected chi connectivity index (χ1v) is 5.87. The Morgan fingerprint density at radius 2 is 1.73 bits per heavy atom. The van der Waals surface area contributed by atoms with Crippen LogP contribution in [0, 0.1) is 0 Å². The SMILES string of the molecule is OC(CCS)C(O)c1c(Cl)cccc1Cl. The predicted molar refractivity (Wildman–Crippen MR) is 65.9 cm³/mol. The van der Waals surface area contributed by atoms with E-state index < -0.39 is 12.2 Å². The lowest BCUT2D eigenvalue weighted by atomic mass is 10.0. The molecule has 2 N–H and O–H groups in total. The third-order valence-electron chi connectivity index (χ3n) is 2.08. The lowest BCUT2D eigenvalue weighted by molar-refractivity contribution is 0.0173. The van der Waals surface area contributed by atoms with Crippen molar-refractivity contribution in [1.82, 2.24) is 0 Å². The fraction of sp³-hybridized carbons (Fsp3) is 0.400. The van der Waals surface area contributed by atoms with Gasteiger partial charge < -0.3 is 10.2 Å². The molecule has 0 heterocycles. The largest absolute Gasteiger partial charge is 0.390 e. The second-order valence-electron chi connectivity index (χ2n) is 3.16. The number of aliphatic hydroxyl groups is 2. The minimum Gasteiger partial charge on any atom is -0.390 e. The first-order chi connectivity index (χ1) is 7.07. The molecule has 1 aromatic rings. The first-order valence-electron chi connectivity index (χ1n) is 4.48. The summed E-state index contributed by atoms with van der Waals surface area (Å²) in [7, 11) is 0. The molecule has 1 rings (SSSR count). The summed E-state index contributed by atoms with van der Waals surface area (Å²) in [4.78, 5) is 0. The number of benzene rings is 1. The smallest absolute Gasteiger partial charge is 0.108 e. The predicted octanol–water partition coefficient (Wildman–Crippen LogP) is 2.71. The van der Waals surface area contributed by atoms with Crippen molar-refractivity contribution in [3.05, 3.63) is 33.8 Å². The van der Waals surface area contributed by atoms with Crippen molar-refractivity contribution in [1.29, 1.82) is 0 Å². The summed E-state index contributed by atoms with van der Waals surface area (Å²) >= 11 is 15.8. The highest BCUT2D eigenvalue weighted by Crippen LogP contribution is 2.32. The molecule has 1 aromatic carbocycles. The average molecular weight is 267 g/mol. The van der Waals surface area contributed by atoms with Gasteiger partial charge in [-0.15, -0.1) is 0 Å². The van der Waals surface area contributed by atoms with Crippen molar-refractivity contribution in [2.45, 2.75) is 18.6 Å². The zero-order chi connectivity index (χ0) is 11.4. The van der Waals surface area contributed by atoms with Gasteiger partial charge in [0.1, 0.15) is 6.10 Å². The van der Waals surface area contributed by atoms with Crippen molar-refractivity contribution in [3.8, 4) is 0 Å². The van der Waals surface area contributed by atoms with E-state index in [0.717, 1.165) is 0 Å². The third-order valence-corrected chi connectivity index (χ3v) is 3.00. The number of hydrogen-bond acceptors (Lipinski definition) is 3. The minimum atomic E-state index is -1.07. The van der Waals surface area contributed by atoms with E-state index in [4.69, 9.17) is 23.2 Å². The van der Waals surface area contributed by atoms with Gasteiger partial charge in [0.05, 0.1) is 6.10 Å². The number of rotatable bonds is 4. The van der Waals surface area contributed by atoms with Gasteiger partial charge in [0.2, 0.25) is 0 Å². The minimum absolute atomic E-state index is 0.355. The Kier molecular flexibility index (Phi) is 5.23. The molecule has 2 nitrogen and oxygen atoms in total. The number of thiol groups is 1. The fourth-order valence-corrected chi connectivity index (χ4v) is 2.16. The van der Waals surface area contributed by atoms with Gasteiger partial charge in [0.15, 0.2) is 0 Å². The van der Waals surface area contributed by atoms with Crippen LogP contribution in [0.3, 0.4) is 0 Å². The standard InChI is InChI=1S/C10H12Cl2O2S/c11-6-2-1-3-7(12)9(6)10(14)8(13)4-5-15/h1-3,8,10,13-15H,4-5H2. The molecule has 0 saturated heterocycles. The molecule has 5 heteroatoms. The molecule has 0 aromatic heterocycles. The number of halogens is 2. The molecule has 0 fully saturated rings. The molecule has 84 valence electrons. The molecule has 15 heavy (non-hydrogen) atoms. The molecule has 0 spiro atoms. The van der Waals surface area contributed by atoms with Crippen LogP contribution in [0.5, 0.6) is 0 Å². The summed E-state index contributed by atoms with van der Waals surface area (Å²) in [6.45, 7) is 0. The van der Waals surface area contributed by atoms with Crippen LogP contribution < -0.4 is 0 Å². The summed E-state index contributed by atoms with van der Waals surface area (Å²) in [5, 5.41) is 20.1. The summed E-state index contributed by atoms with van der Waals surface area (Å²) in [5.74, 6) is 0.486. The second kappa shape index (κ2) is 5.97. The van der Waals surface area contributed by atoms with E-state index in [1.54, 1.807) is 18.2 Å². The summed E-state index contributed by atoms with van der Waals surface area (Å²) in [6, 6.07) is 4.94. The topological polar surface area (TPSA) is 40.5 Å². The Hall–Kier alpha value is 0.0700. The lowest BCUT2D eigenvalue weighted by Crippen LogP contribution is -2.19. The van der Waals surface area contributed by atoms with Gasteiger partial charge >= 0.3 is 0 Å². The monoisotopic (exact) mass is 266 g/mol. The molecular formula is C10H12Cl2O2S. The molecule has 0 radical (unpaired) electrons. The summed E-state index contributed by atoms with van der Waals surface area (Å²) < 4.78 is 0. The van der Waals surface area contributed by atoms with Crippen LogP contribution in [-0.2, 0) is 0 Å². The molecular weight excluding hydrogens is 255 g/mol. The van der Waals surface area contributed by atoms with Crippen LogP contribution in [0.25, 0.3) is 0 Å². The molecule has 0 amide bonds. The third kappa shape index (κ3) is 3.26. The quantitative estimate of drug-likeness (QED) is 0.734. The Balaban J connectivity index is 2.94. The van der Waals surface area contributed by atoms with Crippen molar-refractivity contribution in [3.63, 3.8) is 0 Å². The van der Waals surface area contributed by atoms with E-state index in [1.165, 1.54) is 0 Å². The van der Waals surface area contributed by atoms with E-state index in [0.29, 0.717) is 27.8 Å². The van der Waals surface area contributed by atoms with Crippen LogP contribution in [0.15, 0.2) is 18.2 Å². The maximum atomic E-state index is 9.83. The van der Waals surface area contributed by atoms with Crippen molar-refractivity contribution < 1.29 is 10.2 Å². The van der Waals surface area contributed by atoms with Crippen LogP contribution in [0.1, 0.15) is 18.1 Å². The number of hydrogen-bond donors (Lipinski definition) is 3. The first kappa shape index (κ1) is 13.1. The van der Waals surface area contributed by atoms with Crippen LogP contribution in [0.4, 0.5) is 0 Å². The molecule has 2 unspecified atom stereocenters. The van der Waals surface area contributed by atoms with E-state index in [1.807, 2.05) is 0 Å². The molecule has 0 aliphatic rings. The fourth-order valence-electron chi connectivity index (χ4n) is 1.28. The summed E-state index contributed by atoms with van der Waals surface area (Å²) in [5.41, 5.74) is 0.370. The average Bonchev–Trinajstić information content (AvgIpc) is 2.17. The Morgan fingerprint density at radius 3 is 2.20 bits per heavy atom. The highest BCUT2D eigenvalue weighted by atomic mass is 35.5. The van der Waals surface area contributed by atoms with Crippen molar-refractivity contribution >= 4 is 35.8 Å². The Labute approximate surface area is 104 Å². The van der Waals surface area contributed by atoms with E-state index in [-0.39, 0.29) is 0 Å². The zero-order valence-corrected chi connectivity index (χ0v) is 10.3. The van der Waals surface area contributed by atoms with Crippen LogP contribution in [0.2, 0.25) is 10.0 Å². The molecule has 2 atom stereocenters. The maximum absolute atomic E-state index is 9.83. The van der Waals surface area contributed by atoms with E-state index in [2.05, 4.69) is 12.6 Å². The van der Waals surface area contributed by atoms with Gasteiger partial charge in [-0.1, -0.05) is 29.3 Å². The van der Waals surface area contributed by atoms with Crippen LogP contribution in [-0.4, -0.2) is 22.1 Å². The highest BCUT2D eigenvalue weighted by molar-refractivity contribution is 7.80. The normalized spacial score (nSPS) is 15.0. The van der Waals surface area contributed by atoms with Crippen molar-refractivity contribution in [2.24, 2.45) is 0 Å². The second-order valence-corrected chi connectivity index (χ2v) is 4.42. The van der Waals surface area contributed by atoms with Gasteiger partial charge in [0.25, 0.3) is 0 Å². The number of aliphatic hydroxyl groups excluding tert-OH is 2. The van der Waals surface area contributed by atoms with Gasteiger partial charge in [-0.25, -0.2) is 0 Å². The molecule has 0 saturated carbocycles. The summed E-state index contributed by atoms with van der Waals surface area (Å²) in [6.07, 6.45) is -1.59. The lowest BCUT2D eigenvalue weighted by Gasteiger charge is -2.19. The van der Waals surface area contributed by atoms with E-state index in [9.17, 15) is 10.2 Å². The van der Waals surface area contributed by atoms with Gasteiger partial charge in [0, 0.05) is 15.6 Å².